The van der Waals surface area contributed by atoms with E-state index < -0.39 is 0 Å². The van der Waals surface area contributed by atoms with Gasteiger partial charge in [-0.3, -0.25) is 4.79 Å². The van der Waals surface area contributed by atoms with Crippen LogP contribution in [0.15, 0.2) is 0 Å². The van der Waals surface area contributed by atoms with E-state index in [0.717, 1.165) is 6.42 Å². The number of amides is 1. The minimum absolute atomic E-state index is 0. The molecule has 4 nitrogen and oxygen atoms in total. The Morgan fingerprint density at radius 1 is 1.44 bits per heavy atom. The summed E-state index contributed by atoms with van der Waals surface area (Å²) in [6.45, 7) is 7.84. The first-order chi connectivity index (χ1) is 7.04. The number of ether oxygens (including phenoxy) is 1. The Balaban J connectivity index is 0. The molecule has 2 atom stereocenters. The number of rotatable bonds is 7. The molecule has 2 N–H and O–H groups in total. The lowest BCUT2D eigenvalue weighted by molar-refractivity contribution is -0.133. The highest BCUT2D eigenvalue weighted by molar-refractivity contribution is 5.85. The van der Waals surface area contributed by atoms with Gasteiger partial charge in [-0.25, -0.2) is 0 Å². The van der Waals surface area contributed by atoms with Crippen LogP contribution in [0.4, 0.5) is 0 Å². The predicted molar refractivity (Wildman–Crippen MR) is 68.8 cm³/mol. The van der Waals surface area contributed by atoms with Crippen LogP contribution in [0.5, 0.6) is 0 Å². The van der Waals surface area contributed by atoms with Gasteiger partial charge in [0.05, 0.1) is 12.6 Å². The summed E-state index contributed by atoms with van der Waals surface area (Å²) >= 11 is 0. The highest BCUT2D eigenvalue weighted by Gasteiger charge is 2.22. The maximum Gasteiger partial charge on any atom is 0.239 e. The van der Waals surface area contributed by atoms with E-state index in [1.54, 1.807) is 11.9 Å². The van der Waals surface area contributed by atoms with E-state index in [9.17, 15) is 4.79 Å². The number of hydrogen-bond donors (Lipinski definition) is 1. The molecule has 0 radical (unpaired) electrons. The second kappa shape index (κ2) is 9.87. The van der Waals surface area contributed by atoms with Gasteiger partial charge in [0, 0.05) is 20.2 Å². The molecule has 0 aromatic carbocycles. The van der Waals surface area contributed by atoms with E-state index in [1.165, 1.54) is 0 Å². The highest BCUT2D eigenvalue weighted by Crippen LogP contribution is 2.07. The standard InChI is InChI=1S/C11H24N2O2.ClH/c1-5-9(3)10(12)11(14)13(4)7-8-15-6-2;/h9-10H,5-8,12H2,1-4H3;1H. The summed E-state index contributed by atoms with van der Waals surface area (Å²) in [7, 11) is 1.77. The Bertz CT molecular complexity index is 191. The van der Waals surface area contributed by atoms with Crippen molar-refractivity contribution in [2.45, 2.75) is 33.2 Å². The van der Waals surface area contributed by atoms with Gasteiger partial charge in [0.25, 0.3) is 0 Å². The van der Waals surface area contributed by atoms with Crippen molar-refractivity contribution in [3.05, 3.63) is 0 Å². The van der Waals surface area contributed by atoms with Gasteiger partial charge in [-0.15, -0.1) is 12.4 Å². The molecule has 0 aliphatic heterocycles. The van der Waals surface area contributed by atoms with Gasteiger partial charge in [-0.05, 0) is 12.8 Å². The third kappa shape index (κ3) is 6.30. The highest BCUT2D eigenvalue weighted by atomic mass is 35.5. The quantitative estimate of drug-likeness (QED) is 0.695. The average molecular weight is 253 g/mol. The lowest BCUT2D eigenvalue weighted by Crippen LogP contribution is -2.46. The number of carbonyl (C=O) groups is 1. The number of nitrogens with two attached hydrogens (primary N) is 1. The minimum Gasteiger partial charge on any atom is -0.380 e. The van der Waals surface area contributed by atoms with Gasteiger partial charge in [-0.2, -0.15) is 0 Å². The normalized spacial score (nSPS) is 13.8. The lowest BCUT2D eigenvalue weighted by atomic mass is 9.99. The molecule has 0 heterocycles. The molecule has 0 saturated heterocycles. The van der Waals surface area contributed by atoms with Gasteiger partial charge < -0.3 is 15.4 Å². The molecule has 0 aliphatic carbocycles. The monoisotopic (exact) mass is 252 g/mol. The van der Waals surface area contributed by atoms with Crippen molar-refractivity contribution < 1.29 is 9.53 Å². The Hall–Kier alpha value is -0.320. The molecule has 98 valence electrons. The SMILES string of the molecule is CCOCCN(C)C(=O)C(N)C(C)CC.Cl. The molecule has 5 heteroatoms. The molecule has 0 bridgehead atoms. The summed E-state index contributed by atoms with van der Waals surface area (Å²) in [4.78, 5) is 13.4. The van der Waals surface area contributed by atoms with E-state index in [4.69, 9.17) is 10.5 Å². The molecule has 2 unspecified atom stereocenters. The Labute approximate surface area is 105 Å². The van der Waals surface area contributed by atoms with Crippen LogP contribution < -0.4 is 5.73 Å². The van der Waals surface area contributed by atoms with Crippen molar-refractivity contribution in [3.63, 3.8) is 0 Å². The number of hydrogen-bond acceptors (Lipinski definition) is 3. The molecule has 0 spiro atoms. The topological polar surface area (TPSA) is 55.6 Å². The smallest absolute Gasteiger partial charge is 0.239 e. The van der Waals surface area contributed by atoms with Crippen molar-refractivity contribution in [1.82, 2.24) is 4.90 Å². The third-order valence-electron chi connectivity index (χ3n) is 2.69. The van der Waals surface area contributed by atoms with E-state index in [-0.39, 0.29) is 30.3 Å². The summed E-state index contributed by atoms with van der Waals surface area (Å²) in [6, 6.07) is -0.387. The maximum atomic E-state index is 11.8. The predicted octanol–water partition coefficient (Wildman–Crippen LogP) is 1.28. The van der Waals surface area contributed by atoms with Crippen molar-refractivity contribution in [1.29, 1.82) is 0 Å². The van der Waals surface area contributed by atoms with Gasteiger partial charge in [0.2, 0.25) is 5.91 Å². The van der Waals surface area contributed by atoms with Crippen LogP contribution in [0.3, 0.4) is 0 Å². The Morgan fingerprint density at radius 2 is 2.00 bits per heavy atom. The molecule has 0 aromatic heterocycles. The largest absolute Gasteiger partial charge is 0.380 e. The first kappa shape index (κ1) is 18.1. The molecule has 0 rings (SSSR count). The summed E-state index contributed by atoms with van der Waals surface area (Å²) in [5.41, 5.74) is 5.84. The van der Waals surface area contributed by atoms with Crippen LogP contribution in [0.2, 0.25) is 0 Å². The molecule has 1 amide bonds. The van der Waals surface area contributed by atoms with Crippen LogP contribution in [0.25, 0.3) is 0 Å². The fourth-order valence-corrected chi connectivity index (χ4v) is 1.21. The van der Waals surface area contributed by atoms with Crippen molar-refractivity contribution in [3.8, 4) is 0 Å². The van der Waals surface area contributed by atoms with Crippen LogP contribution in [-0.2, 0) is 9.53 Å². The first-order valence-electron chi connectivity index (χ1n) is 5.62. The van der Waals surface area contributed by atoms with Crippen molar-refractivity contribution in [2.24, 2.45) is 11.7 Å². The third-order valence-corrected chi connectivity index (χ3v) is 2.69. The molecule has 0 aromatic rings. The van der Waals surface area contributed by atoms with Gasteiger partial charge >= 0.3 is 0 Å². The second-order valence-corrected chi connectivity index (χ2v) is 3.87. The van der Waals surface area contributed by atoms with Gasteiger partial charge in [-0.1, -0.05) is 20.3 Å². The van der Waals surface area contributed by atoms with E-state index in [1.807, 2.05) is 20.8 Å². The summed E-state index contributed by atoms with van der Waals surface area (Å²) in [5, 5.41) is 0. The van der Waals surface area contributed by atoms with E-state index >= 15 is 0 Å². The molecule has 0 fully saturated rings. The second-order valence-electron chi connectivity index (χ2n) is 3.87. The Morgan fingerprint density at radius 3 is 2.44 bits per heavy atom. The zero-order chi connectivity index (χ0) is 11.8. The summed E-state index contributed by atoms with van der Waals surface area (Å²) in [6.07, 6.45) is 0.923. The minimum atomic E-state index is -0.387. The molecule has 0 saturated carbocycles. The van der Waals surface area contributed by atoms with Crippen molar-refractivity contribution in [2.75, 3.05) is 26.8 Å². The molecule has 0 aliphatic rings. The number of nitrogens with zero attached hydrogens (tertiary/aromatic N) is 1. The van der Waals surface area contributed by atoms with Crippen LogP contribution in [-0.4, -0.2) is 43.7 Å². The zero-order valence-corrected chi connectivity index (χ0v) is 11.5. The number of carbonyl (C=O) groups excluding carboxylic acids is 1. The number of halogens is 1. The van der Waals surface area contributed by atoms with E-state index in [0.29, 0.717) is 19.8 Å². The average Bonchev–Trinajstić information content (AvgIpc) is 2.26. The molecular weight excluding hydrogens is 228 g/mol. The molecular formula is C11H25ClN2O2. The molecule has 16 heavy (non-hydrogen) atoms. The fraction of sp³-hybridized carbons (Fsp3) is 0.909. The summed E-state index contributed by atoms with van der Waals surface area (Å²) < 4.78 is 5.19. The van der Waals surface area contributed by atoms with E-state index in [2.05, 4.69) is 0 Å². The van der Waals surface area contributed by atoms with Gasteiger partial charge in [0.1, 0.15) is 0 Å². The lowest BCUT2D eigenvalue weighted by Gasteiger charge is -2.24. The van der Waals surface area contributed by atoms with Crippen LogP contribution >= 0.6 is 12.4 Å². The van der Waals surface area contributed by atoms with Crippen LogP contribution in [0.1, 0.15) is 27.2 Å². The van der Waals surface area contributed by atoms with Gasteiger partial charge in [0.15, 0.2) is 0 Å². The van der Waals surface area contributed by atoms with Crippen LogP contribution in [0, 0.1) is 5.92 Å². The zero-order valence-electron chi connectivity index (χ0n) is 10.7. The number of likely N-dealkylation sites (N-methyl/N-ethyl adjacent to an activating group) is 1. The first-order valence-corrected chi connectivity index (χ1v) is 5.62. The maximum absolute atomic E-state index is 11.8. The van der Waals surface area contributed by atoms with Crippen molar-refractivity contribution >= 4 is 18.3 Å². The summed E-state index contributed by atoms with van der Waals surface area (Å²) in [5.74, 6) is 0.232. The fourth-order valence-electron chi connectivity index (χ4n) is 1.21. The Kier molecular flexibility index (Phi) is 11.1.